The number of nitrogens with one attached hydrogen (secondary N) is 3. The van der Waals surface area contributed by atoms with Gasteiger partial charge in [-0.3, -0.25) is 4.99 Å². The molecule has 0 spiro atoms. The molecule has 0 aliphatic heterocycles. The molecule has 0 aromatic heterocycles. The van der Waals surface area contributed by atoms with Crippen LogP contribution in [0.1, 0.15) is 19.4 Å². The summed E-state index contributed by atoms with van der Waals surface area (Å²) >= 11 is 6.12. The Kier molecular flexibility index (Phi) is 10.2. The minimum Gasteiger partial charge on any atom is -0.356 e. The molecule has 1 aromatic rings. The van der Waals surface area contributed by atoms with Crippen LogP contribution in [0.2, 0.25) is 5.02 Å². The molecule has 0 saturated heterocycles. The summed E-state index contributed by atoms with van der Waals surface area (Å²) in [6.07, 6.45) is 1.91. The molecule has 24 heavy (non-hydrogen) atoms. The Morgan fingerprint density at radius 3 is 2.42 bits per heavy atom. The number of benzene rings is 1. The maximum absolute atomic E-state index is 11.3. The summed E-state index contributed by atoms with van der Waals surface area (Å²) in [5.74, 6) is 0.612. The van der Waals surface area contributed by atoms with Crippen LogP contribution < -0.4 is 15.4 Å². The van der Waals surface area contributed by atoms with E-state index in [-0.39, 0.29) is 24.0 Å². The standard InChI is InChI=1S/C15H25ClN4O2S.HI/c1-15(2,20-23(4,21)22)11-19-14(17-3)18-10-9-12-7-5-6-8-13(12)16;/h5-8,20H,9-11H2,1-4H3,(H2,17,18,19);1H. The number of aliphatic imine (C=N–C) groups is 1. The molecule has 0 heterocycles. The molecule has 0 radical (unpaired) electrons. The van der Waals surface area contributed by atoms with Gasteiger partial charge in [0.15, 0.2) is 5.96 Å². The van der Waals surface area contributed by atoms with Gasteiger partial charge in [0.2, 0.25) is 10.0 Å². The third-order valence-electron chi connectivity index (χ3n) is 3.03. The molecule has 0 fully saturated rings. The highest BCUT2D eigenvalue weighted by Gasteiger charge is 2.22. The number of halogens is 2. The van der Waals surface area contributed by atoms with Crippen LogP contribution in [0.3, 0.4) is 0 Å². The fourth-order valence-corrected chi connectivity index (χ4v) is 3.39. The highest BCUT2D eigenvalue weighted by atomic mass is 127. The Morgan fingerprint density at radius 2 is 1.88 bits per heavy atom. The van der Waals surface area contributed by atoms with Gasteiger partial charge in [0.1, 0.15) is 0 Å². The zero-order valence-electron chi connectivity index (χ0n) is 14.4. The van der Waals surface area contributed by atoms with Crippen LogP contribution in [0.5, 0.6) is 0 Å². The van der Waals surface area contributed by atoms with E-state index in [1.807, 2.05) is 24.3 Å². The van der Waals surface area contributed by atoms with Crippen LogP contribution in [-0.2, 0) is 16.4 Å². The van der Waals surface area contributed by atoms with Crippen molar-refractivity contribution in [1.29, 1.82) is 0 Å². The van der Waals surface area contributed by atoms with Crippen molar-refractivity contribution in [3.8, 4) is 0 Å². The van der Waals surface area contributed by atoms with Gasteiger partial charge in [-0.1, -0.05) is 29.8 Å². The first-order valence-electron chi connectivity index (χ1n) is 7.30. The van der Waals surface area contributed by atoms with Crippen molar-refractivity contribution in [1.82, 2.24) is 15.4 Å². The Balaban J connectivity index is 0.00000529. The van der Waals surface area contributed by atoms with Crippen LogP contribution in [-0.4, -0.2) is 46.3 Å². The fraction of sp³-hybridized carbons (Fsp3) is 0.533. The van der Waals surface area contributed by atoms with Gasteiger partial charge in [0.25, 0.3) is 0 Å². The van der Waals surface area contributed by atoms with Gasteiger partial charge in [0.05, 0.1) is 6.26 Å². The summed E-state index contributed by atoms with van der Waals surface area (Å²) in [5, 5.41) is 7.04. The van der Waals surface area contributed by atoms with Gasteiger partial charge in [-0.05, 0) is 31.9 Å². The molecule has 0 aliphatic carbocycles. The maximum Gasteiger partial charge on any atom is 0.209 e. The summed E-state index contributed by atoms with van der Waals surface area (Å²) in [5.41, 5.74) is 0.449. The Morgan fingerprint density at radius 1 is 1.25 bits per heavy atom. The van der Waals surface area contributed by atoms with Crippen molar-refractivity contribution in [2.75, 3.05) is 26.4 Å². The fourth-order valence-electron chi connectivity index (χ4n) is 2.08. The molecule has 6 nitrogen and oxygen atoms in total. The lowest BCUT2D eigenvalue weighted by atomic mass is 10.1. The molecular formula is C15H26ClIN4O2S. The normalized spacial score (nSPS) is 12.5. The zero-order valence-corrected chi connectivity index (χ0v) is 18.3. The monoisotopic (exact) mass is 488 g/mol. The number of hydrogen-bond acceptors (Lipinski definition) is 3. The van der Waals surface area contributed by atoms with E-state index in [2.05, 4.69) is 20.3 Å². The highest BCUT2D eigenvalue weighted by molar-refractivity contribution is 14.0. The van der Waals surface area contributed by atoms with Gasteiger partial charge in [-0.15, -0.1) is 24.0 Å². The molecule has 0 saturated carbocycles. The van der Waals surface area contributed by atoms with E-state index in [1.165, 1.54) is 0 Å². The predicted molar refractivity (Wildman–Crippen MR) is 112 cm³/mol. The molecule has 3 N–H and O–H groups in total. The molecule has 1 rings (SSSR count). The summed E-state index contributed by atoms with van der Waals surface area (Å²) in [6.45, 7) is 4.69. The predicted octanol–water partition coefficient (Wildman–Crippen LogP) is 1.99. The summed E-state index contributed by atoms with van der Waals surface area (Å²) in [7, 11) is -1.59. The van der Waals surface area contributed by atoms with E-state index in [1.54, 1.807) is 20.9 Å². The van der Waals surface area contributed by atoms with Crippen LogP contribution in [0, 0.1) is 0 Å². The number of rotatable bonds is 7. The lowest BCUT2D eigenvalue weighted by molar-refractivity contribution is 0.446. The van der Waals surface area contributed by atoms with Crippen molar-refractivity contribution in [3.05, 3.63) is 34.9 Å². The van der Waals surface area contributed by atoms with Gasteiger partial charge >= 0.3 is 0 Å². The summed E-state index contributed by atoms with van der Waals surface area (Å²) < 4.78 is 25.2. The van der Waals surface area contributed by atoms with Crippen molar-refractivity contribution >= 4 is 51.6 Å². The minimum atomic E-state index is -3.26. The SMILES string of the molecule is CN=C(NCCc1ccccc1Cl)NCC(C)(C)NS(C)(=O)=O.I. The number of sulfonamides is 1. The van der Waals surface area contributed by atoms with Gasteiger partial charge < -0.3 is 10.6 Å². The van der Waals surface area contributed by atoms with Crippen LogP contribution in [0.4, 0.5) is 0 Å². The first kappa shape index (κ1) is 23.4. The van der Waals surface area contributed by atoms with Crippen LogP contribution >= 0.6 is 35.6 Å². The molecule has 0 atom stereocenters. The van der Waals surface area contributed by atoms with E-state index in [0.717, 1.165) is 23.3 Å². The Hall–Kier alpha value is -0.580. The minimum absolute atomic E-state index is 0. The van der Waals surface area contributed by atoms with Gasteiger partial charge in [0, 0.05) is 30.7 Å². The number of hydrogen-bond donors (Lipinski definition) is 3. The number of guanidine groups is 1. The van der Waals surface area contributed by atoms with E-state index in [9.17, 15) is 8.42 Å². The first-order valence-corrected chi connectivity index (χ1v) is 9.57. The third-order valence-corrected chi connectivity index (χ3v) is 4.32. The molecule has 0 amide bonds. The molecule has 0 aliphatic rings. The van der Waals surface area contributed by atoms with Crippen molar-refractivity contribution < 1.29 is 8.42 Å². The second-order valence-corrected chi connectivity index (χ2v) is 8.11. The van der Waals surface area contributed by atoms with E-state index < -0.39 is 15.6 Å². The van der Waals surface area contributed by atoms with Gasteiger partial charge in [-0.2, -0.15) is 0 Å². The lowest BCUT2D eigenvalue weighted by Gasteiger charge is -2.26. The molecular weight excluding hydrogens is 463 g/mol. The number of nitrogens with zero attached hydrogens (tertiary/aromatic N) is 1. The summed E-state index contributed by atoms with van der Waals surface area (Å²) in [6, 6.07) is 7.70. The van der Waals surface area contributed by atoms with Crippen LogP contribution in [0.15, 0.2) is 29.3 Å². The topological polar surface area (TPSA) is 82.6 Å². The maximum atomic E-state index is 11.3. The molecule has 9 heteroatoms. The van der Waals surface area contributed by atoms with Crippen molar-refractivity contribution in [2.45, 2.75) is 25.8 Å². The molecule has 0 bridgehead atoms. The van der Waals surface area contributed by atoms with Crippen molar-refractivity contribution in [3.63, 3.8) is 0 Å². The summed E-state index contributed by atoms with van der Waals surface area (Å²) in [4.78, 5) is 4.13. The molecule has 1 aromatic carbocycles. The molecule has 138 valence electrons. The van der Waals surface area contributed by atoms with Crippen LogP contribution in [0.25, 0.3) is 0 Å². The van der Waals surface area contributed by atoms with Crippen molar-refractivity contribution in [2.24, 2.45) is 4.99 Å². The quantitative estimate of drug-likeness (QED) is 0.311. The van der Waals surface area contributed by atoms with E-state index >= 15 is 0 Å². The molecule has 0 unspecified atom stereocenters. The smallest absolute Gasteiger partial charge is 0.209 e. The van der Waals surface area contributed by atoms with E-state index in [0.29, 0.717) is 19.0 Å². The Bertz CT molecular complexity index is 651. The Labute approximate surface area is 166 Å². The van der Waals surface area contributed by atoms with Gasteiger partial charge in [-0.25, -0.2) is 13.1 Å². The second kappa shape index (κ2) is 10.4. The average Bonchev–Trinajstić information content (AvgIpc) is 2.42. The zero-order chi connectivity index (χ0) is 17.5. The lowest BCUT2D eigenvalue weighted by Crippen LogP contribution is -2.53. The average molecular weight is 489 g/mol. The largest absolute Gasteiger partial charge is 0.356 e. The third kappa shape index (κ3) is 9.65. The first-order chi connectivity index (χ1) is 10.6. The highest BCUT2D eigenvalue weighted by Crippen LogP contribution is 2.14. The second-order valence-electron chi connectivity index (χ2n) is 5.95. The van der Waals surface area contributed by atoms with E-state index in [4.69, 9.17) is 11.6 Å².